The lowest BCUT2D eigenvalue weighted by molar-refractivity contribution is 0.104. The number of carbonyl (C=O) groups is 1. The van der Waals surface area contributed by atoms with Crippen LogP contribution in [0.25, 0.3) is 6.08 Å². The monoisotopic (exact) mass is 692 g/mol. The molecule has 3 rings (SSSR count). The lowest BCUT2D eigenvalue weighted by atomic mass is 10.1. The molecule has 0 atom stereocenters. The zero-order valence-electron chi connectivity index (χ0n) is 15.0. The molecule has 0 heterocycles. The number of sulfone groups is 1. The van der Waals surface area contributed by atoms with Crippen LogP contribution in [0.3, 0.4) is 0 Å². The topological polar surface area (TPSA) is 51.2 Å². The SMILES string of the molecule is O=C(C(=Cc1ccc(Br)cc1)S(=O)(=O)Cc1ccc(I)cc1)c1ccc(I)cc1. The number of halogens is 3. The number of rotatable bonds is 6. The third-order valence-corrected chi connectivity index (χ3v) is 7.76. The van der Waals surface area contributed by atoms with Gasteiger partial charge < -0.3 is 0 Å². The van der Waals surface area contributed by atoms with Crippen molar-refractivity contribution in [3.05, 3.63) is 106 Å². The normalized spacial score (nSPS) is 12.0. The van der Waals surface area contributed by atoms with Crippen LogP contribution in [0, 0.1) is 7.14 Å². The Bertz CT molecular complexity index is 1150. The smallest absolute Gasteiger partial charge is 0.204 e. The molecule has 0 aromatic heterocycles. The molecule has 0 fully saturated rings. The Morgan fingerprint density at radius 2 is 1.34 bits per heavy atom. The van der Waals surface area contributed by atoms with Crippen LogP contribution in [0.5, 0.6) is 0 Å². The molecule has 0 aliphatic heterocycles. The van der Waals surface area contributed by atoms with E-state index in [1.165, 1.54) is 6.08 Å². The molecule has 29 heavy (non-hydrogen) atoms. The van der Waals surface area contributed by atoms with Crippen LogP contribution >= 0.6 is 61.1 Å². The highest BCUT2D eigenvalue weighted by Crippen LogP contribution is 2.24. The summed E-state index contributed by atoms with van der Waals surface area (Å²) >= 11 is 7.68. The maximum absolute atomic E-state index is 13.2. The lowest BCUT2D eigenvalue weighted by Gasteiger charge is -2.10. The van der Waals surface area contributed by atoms with Gasteiger partial charge in [-0.1, -0.05) is 40.2 Å². The number of allylic oxidation sites excluding steroid dienone is 1. The largest absolute Gasteiger partial charge is 0.288 e. The number of benzene rings is 3. The van der Waals surface area contributed by atoms with Crippen molar-refractivity contribution in [1.82, 2.24) is 0 Å². The summed E-state index contributed by atoms with van der Waals surface area (Å²) in [5.41, 5.74) is 1.63. The summed E-state index contributed by atoms with van der Waals surface area (Å²) in [5, 5.41) is 0. The molecule has 0 aliphatic carbocycles. The van der Waals surface area contributed by atoms with Gasteiger partial charge in [0.2, 0.25) is 5.78 Å². The second-order valence-corrected chi connectivity index (χ2v) is 11.6. The minimum Gasteiger partial charge on any atom is -0.288 e. The zero-order chi connectivity index (χ0) is 21.0. The van der Waals surface area contributed by atoms with Crippen molar-refractivity contribution in [3.63, 3.8) is 0 Å². The predicted octanol–water partition coefficient (Wildman–Crippen LogP) is 6.50. The van der Waals surface area contributed by atoms with E-state index in [1.807, 2.05) is 24.3 Å². The summed E-state index contributed by atoms with van der Waals surface area (Å²) in [4.78, 5) is 12.9. The minimum absolute atomic E-state index is 0.209. The third-order valence-electron chi connectivity index (χ3n) is 4.10. The van der Waals surface area contributed by atoms with E-state index in [2.05, 4.69) is 61.1 Å². The molecule has 0 saturated carbocycles. The van der Waals surface area contributed by atoms with Crippen molar-refractivity contribution < 1.29 is 13.2 Å². The van der Waals surface area contributed by atoms with Gasteiger partial charge >= 0.3 is 0 Å². The van der Waals surface area contributed by atoms with E-state index in [1.54, 1.807) is 48.5 Å². The maximum Gasteiger partial charge on any atom is 0.204 e. The van der Waals surface area contributed by atoms with Crippen molar-refractivity contribution in [2.24, 2.45) is 0 Å². The molecule has 0 bridgehead atoms. The van der Waals surface area contributed by atoms with Gasteiger partial charge in [-0.25, -0.2) is 8.42 Å². The van der Waals surface area contributed by atoms with Crippen LogP contribution in [0.4, 0.5) is 0 Å². The Balaban J connectivity index is 2.05. The quantitative estimate of drug-likeness (QED) is 0.169. The molecule has 0 unspecified atom stereocenters. The van der Waals surface area contributed by atoms with Crippen LogP contribution in [-0.2, 0) is 15.6 Å². The summed E-state index contributed by atoms with van der Waals surface area (Å²) < 4.78 is 29.3. The van der Waals surface area contributed by atoms with E-state index in [4.69, 9.17) is 0 Å². The third kappa shape index (κ3) is 6.22. The highest BCUT2D eigenvalue weighted by Gasteiger charge is 2.26. The molecule has 3 nitrogen and oxygen atoms in total. The van der Waals surface area contributed by atoms with Crippen LogP contribution in [0.15, 0.2) is 82.2 Å². The average Bonchev–Trinajstić information content (AvgIpc) is 2.69. The molecule has 3 aromatic carbocycles. The highest BCUT2D eigenvalue weighted by molar-refractivity contribution is 14.1. The van der Waals surface area contributed by atoms with Crippen LogP contribution in [0.2, 0.25) is 0 Å². The van der Waals surface area contributed by atoms with Crippen molar-refractivity contribution >= 4 is 82.8 Å². The summed E-state index contributed by atoms with van der Waals surface area (Å²) in [7, 11) is -3.86. The molecule has 3 aromatic rings. The zero-order valence-corrected chi connectivity index (χ0v) is 21.7. The number of Topliss-reactive ketones (excluding diaryl/α,β-unsaturated/α-hetero) is 1. The lowest BCUT2D eigenvalue weighted by Crippen LogP contribution is -2.16. The molecule has 0 N–H and O–H groups in total. The molecule has 7 heteroatoms. The predicted molar refractivity (Wildman–Crippen MR) is 137 cm³/mol. The first-order valence-corrected chi connectivity index (χ1v) is 13.1. The average molecular weight is 693 g/mol. The van der Waals surface area contributed by atoms with Crippen molar-refractivity contribution in [2.45, 2.75) is 5.75 Å². The second-order valence-electron chi connectivity index (χ2n) is 6.28. The van der Waals surface area contributed by atoms with Crippen LogP contribution < -0.4 is 0 Å². The van der Waals surface area contributed by atoms with Gasteiger partial charge in [-0.3, -0.25) is 4.79 Å². The molecule has 0 amide bonds. The summed E-state index contributed by atoms with van der Waals surface area (Å²) in [6, 6.07) is 21.3. The Hall–Kier alpha value is -1.04. The van der Waals surface area contributed by atoms with E-state index < -0.39 is 15.6 Å². The van der Waals surface area contributed by atoms with E-state index in [0.717, 1.165) is 11.6 Å². The molecular formula is C22H15BrI2O3S. The summed E-state index contributed by atoms with van der Waals surface area (Å²) in [6.07, 6.45) is 1.45. The standard InChI is InChI=1S/C22H15BrI2O3S/c23-18-7-1-15(2-8-18)13-21(22(26)17-5-11-20(25)12-6-17)29(27,28)14-16-3-9-19(24)10-4-16/h1-13H,14H2. The fraction of sp³-hybridized carbons (Fsp3) is 0.0455. The molecular weight excluding hydrogens is 678 g/mol. The van der Waals surface area contributed by atoms with Gasteiger partial charge in [-0.2, -0.15) is 0 Å². The second kappa shape index (κ2) is 9.84. The van der Waals surface area contributed by atoms with Gasteiger partial charge in [-0.05, 0) is 111 Å². The number of ketones is 1. The van der Waals surface area contributed by atoms with E-state index in [0.29, 0.717) is 16.7 Å². The van der Waals surface area contributed by atoms with Crippen molar-refractivity contribution in [1.29, 1.82) is 0 Å². The number of hydrogen-bond donors (Lipinski definition) is 0. The van der Waals surface area contributed by atoms with Crippen LogP contribution in [0.1, 0.15) is 21.5 Å². The Kier molecular flexibility index (Phi) is 7.69. The Morgan fingerprint density at radius 3 is 1.90 bits per heavy atom. The van der Waals surface area contributed by atoms with E-state index in [-0.39, 0.29) is 10.7 Å². The fourth-order valence-corrected chi connectivity index (χ4v) is 5.11. The highest BCUT2D eigenvalue weighted by atomic mass is 127. The van der Waals surface area contributed by atoms with Gasteiger partial charge in [0.05, 0.1) is 5.75 Å². The molecule has 148 valence electrons. The van der Waals surface area contributed by atoms with Gasteiger partial charge in [0, 0.05) is 17.2 Å². The minimum atomic E-state index is -3.86. The Morgan fingerprint density at radius 1 is 0.828 bits per heavy atom. The number of carbonyl (C=O) groups excluding carboxylic acids is 1. The van der Waals surface area contributed by atoms with Gasteiger partial charge in [-0.15, -0.1) is 0 Å². The summed E-state index contributed by atoms with van der Waals surface area (Å²) in [6.45, 7) is 0. The van der Waals surface area contributed by atoms with E-state index >= 15 is 0 Å². The Labute approximate surface area is 205 Å². The fourth-order valence-electron chi connectivity index (χ4n) is 2.63. The first kappa shape index (κ1) is 22.6. The van der Waals surface area contributed by atoms with Gasteiger partial charge in [0.1, 0.15) is 4.91 Å². The molecule has 0 saturated heterocycles. The molecule has 0 spiro atoms. The van der Waals surface area contributed by atoms with Crippen LogP contribution in [-0.4, -0.2) is 14.2 Å². The first-order chi connectivity index (χ1) is 13.7. The summed E-state index contributed by atoms with van der Waals surface area (Å²) in [5.74, 6) is -0.739. The first-order valence-electron chi connectivity index (χ1n) is 8.49. The van der Waals surface area contributed by atoms with E-state index in [9.17, 15) is 13.2 Å². The number of hydrogen-bond acceptors (Lipinski definition) is 3. The van der Waals surface area contributed by atoms with Crippen molar-refractivity contribution in [3.8, 4) is 0 Å². The molecule has 0 radical (unpaired) electrons. The maximum atomic E-state index is 13.2. The van der Waals surface area contributed by atoms with Gasteiger partial charge in [0.25, 0.3) is 0 Å². The molecule has 0 aliphatic rings. The van der Waals surface area contributed by atoms with Gasteiger partial charge in [0.15, 0.2) is 9.84 Å². The van der Waals surface area contributed by atoms with Crippen molar-refractivity contribution in [2.75, 3.05) is 0 Å².